The molecule has 1 heterocycles. The third-order valence-electron chi connectivity index (χ3n) is 6.27. The molecule has 0 spiro atoms. The molecule has 6 N–H and O–H groups in total. The molecule has 0 bridgehead atoms. The minimum atomic E-state index is -1.62. The van der Waals surface area contributed by atoms with Gasteiger partial charge in [0.2, 0.25) is 0 Å². The maximum atomic E-state index is 13.6. The summed E-state index contributed by atoms with van der Waals surface area (Å²) in [6.07, 6.45) is -0.0399. The quantitative estimate of drug-likeness (QED) is 0.218. The van der Waals surface area contributed by atoms with Crippen LogP contribution in [0.1, 0.15) is 35.2 Å². The number of ether oxygens (including phenoxy) is 1. The molecule has 8 nitrogen and oxygen atoms in total. The van der Waals surface area contributed by atoms with E-state index in [1.165, 1.54) is 6.20 Å². The summed E-state index contributed by atoms with van der Waals surface area (Å²) in [5, 5.41) is 22.0. The predicted molar refractivity (Wildman–Crippen MR) is 132 cm³/mol. The summed E-state index contributed by atoms with van der Waals surface area (Å²) >= 11 is 5.87. The minimum Gasteiger partial charge on any atom is -0.397 e. The van der Waals surface area contributed by atoms with Gasteiger partial charge in [0, 0.05) is 35.9 Å². The highest BCUT2D eigenvalue weighted by Crippen LogP contribution is 2.27. The number of aliphatic hydroxyl groups excluding tert-OH is 2. The van der Waals surface area contributed by atoms with Crippen molar-refractivity contribution >= 4 is 23.2 Å². The Morgan fingerprint density at radius 3 is 2.41 bits per heavy atom. The van der Waals surface area contributed by atoms with Crippen LogP contribution in [0.15, 0.2) is 42.6 Å². The van der Waals surface area contributed by atoms with E-state index in [2.05, 4.69) is 0 Å². The fourth-order valence-electron chi connectivity index (χ4n) is 4.20. The molecule has 0 aliphatic carbocycles. The Morgan fingerprint density at radius 2 is 1.81 bits per heavy atom. The summed E-state index contributed by atoms with van der Waals surface area (Å²) in [5.74, 6) is 1.53. The summed E-state index contributed by atoms with van der Waals surface area (Å²) in [5.41, 5.74) is 6.14. The SMILES string of the molecule is CN(CCCC1CC(N(N)/C=C(\N)c2cc(F)c(F)c(F)c2)C(O)C(CO)O1)C(=O)c1ccc(Cl)cc1. The highest BCUT2D eigenvalue weighted by Gasteiger charge is 2.39. The van der Waals surface area contributed by atoms with Gasteiger partial charge in [0.05, 0.1) is 24.4 Å². The molecule has 1 saturated heterocycles. The smallest absolute Gasteiger partial charge is 0.253 e. The third kappa shape index (κ3) is 7.14. The minimum absolute atomic E-state index is 0.128. The van der Waals surface area contributed by atoms with Crippen molar-refractivity contribution in [1.82, 2.24) is 9.91 Å². The first-order valence-electron chi connectivity index (χ1n) is 11.6. The number of amides is 1. The van der Waals surface area contributed by atoms with Crippen LogP contribution in [0.2, 0.25) is 5.02 Å². The van der Waals surface area contributed by atoms with Gasteiger partial charge in [-0.2, -0.15) is 0 Å². The van der Waals surface area contributed by atoms with Gasteiger partial charge in [-0.1, -0.05) is 11.6 Å². The van der Waals surface area contributed by atoms with Crippen LogP contribution in [-0.4, -0.2) is 70.6 Å². The van der Waals surface area contributed by atoms with Gasteiger partial charge >= 0.3 is 0 Å². The number of carbonyl (C=O) groups is 1. The first-order valence-corrected chi connectivity index (χ1v) is 12.0. The van der Waals surface area contributed by atoms with Crippen LogP contribution in [0.4, 0.5) is 13.2 Å². The van der Waals surface area contributed by atoms with Gasteiger partial charge < -0.3 is 30.6 Å². The van der Waals surface area contributed by atoms with Crippen molar-refractivity contribution in [1.29, 1.82) is 0 Å². The molecule has 1 fully saturated rings. The van der Waals surface area contributed by atoms with E-state index in [1.807, 2.05) is 0 Å². The van der Waals surface area contributed by atoms with Crippen LogP contribution in [0.5, 0.6) is 0 Å². The Hall–Kier alpha value is -2.83. The van der Waals surface area contributed by atoms with E-state index in [1.54, 1.807) is 36.2 Å². The van der Waals surface area contributed by atoms with Gasteiger partial charge in [0.1, 0.15) is 12.2 Å². The van der Waals surface area contributed by atoms with E-state index in [0.717, 1.165) is 17.1 Å². The standard InChI is InChI=1S/C25H30ClF3N4O4/c1-32(25(36)14-4-6-16(26)7-5-14)8-2-3-17-11-21(24(35)22(13-34)37-17)33(31)12-20(30)15-9-18(27)23(29)19(28)10-15/h4-7,9-10,12,17,21-22,24,34-35H,2-3,8,11,13,30-31H2,1H3/b20-12-. The van der Waals surface area contributed by atoms with Crippen molar-refractivity contribution in [3.8, 4) is 0 Å². The molecular formula is C25H30ClF3N4O4. The molecule has 1 aliphatic heterocycles. The lowest BCUT2D eigenvalue weighted by Crippen LogP contribution is -2.57. The second kappa shape index (κ2) is 12.6. The molecular weight excluding hydrogens is 513 g/mol. The van der Waals surface area contributed by atoms with Gasteiger partial charge in [-0.25, -0.2) is 19.0 Å². The number of nitrogens with two attached hydrogens (primary N) is 2. The number of carbonyl (C=O) groups excluding carboxylic acids is 1. The zero-order valence-corrected chi connectivity index (χ0v) is 20.9. The average Bonchev–Trinajstić information content (AvgIpc) is 2.87. The molecule has 0 aromatic heterocycles. The summed E-state index contributed by atoms with van der Waals surface area (Å²) < 4.78 is 46.2. The number of benzene rings is 2. The Kier molecular flexibility index (Phi) is 9.80. The lowest BCUT2D eigenvalue weighted by Gasteiger charge is -2.42. The molecule has 12 heteroatoms. The largest absolute Gasteiger partial charge is 0.397 e. The summed E-state index contributed by atoms with van der Waals surface area (Å²) in [4.78, 5) is 14.1. The number of halogens is 4. The Balaban J connectivity index is 1.63. The second-order valence-electron chi connectivity index (χ2n) is 8.93. The van der Waals surface area contributed by atoms with Crippen LogP contribution in [-0.2, 0) is 4.74 Å². The summed E-state index contributed by atoms with van der Waals surface area (Å²) in [6, 6.07) is 7.29. The van der Waals surface area contributed by atoms with Crippen LogP contribution < -0.4 is 11.6 Å². The first kappa shape index (κ1) is 28.7. The van der Waals surface area contributed by atoms with Crippen LogP contribution in [0.25, 0.3) is 5.70 Å². The van der Waals surface area contributed by atoms with Gasteiger partial charge in [-0.3, -0.25) is 4.79 Å². The number of hydrogen-bond acceptors (Lipinski definition) is 7. The Morgan fingerprint density at radius 1 is 1.19 bits per heavy atom. The Bertz CT molecular complexity index is 1100. The fraction of sp³-hybridized carbons (Fsp3) is 0.400. The van der Waals surface area contributed by atoms with E-state index in [9.17, 15) is 28.2 Å². The molecule has 0 saturated carbocycles. The molecule has 2 aromatic carbocycles. The zero-order chi connectivity index (χ0) is 27.3. The molecule has 4 atom stereocenters. The van der Waals surface area contributed by atoms with Crippen LogP contribution >= 0.6 is 11.6 Å². The highest BCUT2D eigenvalue weighted by molar-refractivity contribution is 6.30. The van der Waals surface area contributed by atoms with E-state index in [0.29, 0.717) is 30.0 Å². The topological polar surface area (TPSA) is 125 Å². The van der Waals surface area contributed by atoms with Crippen molar-refractivity contribution in [2.24, 2.45) is 11.6 Å². The van der Waals surface area contributed by atoms with Gasteiger partial charge in [0.25, 0.3) is 5.91 Å². The van der Waals surface area contributed by atoms with Crippen molar-refractivity contribution < 1.29 is 32.9 Å². The van der Waals surface area contributed by atoms with Crippen molar-refractivity contribution in [3.63, 3.8) is 0 Å². The monoisotopic (exact) mass is 542 g/mol. The van der Waals surface area contributed by atoms with Gasteiger partial charge in [0.15, 0.2) is 17.5 Å². The van der Waals surface area contributed by atoms with Gasteiger partial charge in [-0.05, 0) is 55.7 Å². The number of aliphatic hydroxyl groups is 2. The number of hydrazine groups is 1. The molecule has 1 amide bonds. The van der Waals surface area contributed by atoms with Crippen molar-refractivity contribution in [2.75, 3.05) is 20.2 Å². The molecule has 0 radical (unpaired) electrons. The summed E-state index contributed by atoms with van der Waals surface area (Å²) in [6.45, 7) is -0.0379. The van der Waals surface area contributed by atoms with Crippen LogP contribution in [0, 0.1) is 17.5 Å². The van der Waals surface area contributed by atoms with E-state index >= 15 is 0 Å². The zero-order valence-electron chi connectivity index (χ0n) is 20.2. The lowest BCUT2D eigenvalue weighted by atomic mass is 9.93. The third-order valence-corrected chi connectivity index (χ3v) is 6.52. The molecule has 2 aromatic rings. The van der Waals surface area contributed by atoms with Crippen LogP contribution in [0.3, 0.4) is 0 Å². The molecule has 3 rings (SSSR count). The van der Waals surface area contributed by atoms with Crippen molar-refractivity contribution in [3.05, 3.63) is 76.2 Å². The molecule has 202 valence electrons. The number of rotatable bonds is 9. The maximum absolute atomic E-state index is 13.6. The normalized spacial score (nSPS) is 22.1. The van der Waals surface area contributed by atoms with E-state index in [4.69, 9.17) is 27.9 Å². The molecule has 4 unspecified atom stereocenters. The first-order chi connectivity index (χ1) is 17.5. The molecule has 1 aliphatic rings. The fourth-order valence-corrected chi connectivity index (χ4v) is 4.32. The Labute approximate surface area is 217 Å². The molecule has 37 heavy (non-hydrogen) atoms. The number of hydrogen-bond donors (Lipinski definition) is 4. The maximum Gasteiger partial charge on any atom is 0.253 e. The second-order valence-corrected chi connectivity index (χ2v) is 9.37. The number of nitrogens with zero attached hydrogens (tertiary/aromatic N) is 2. The summed E-state index contributed by atoms with van der Waals surface area (Å²) in [7, 11) is 1.68. The van der Waals surface area contributed by atoms with E-state index < -0.39 is 48.4 Å². The lowest BCUT2D eigenvalue weighted by molar-refractivity contribution is -0.163. The average molecular weight is 543 g/mol. The van der Waals surface area contributed by atoms with Gasteiger partial charge in [-0.15, -0.1) is 0 Å². The van der Waals surface area contributed by atoms with Crippen molar-refractivity contribution in [2.45, 2.75) is 43.6 Å². The highest BCUT2D eigenvalue weighted by atomic mass is 35.5. The van der Waals surface area contributed by atoms with E-state index in [-0.39, 0.29) is 23.6 Å². The predicted octanol–water partition coefficient (Wildman–Crippen LogP) is 2.62.